The second kappa shape index (κ2) is 4.64. The van der Waals surface area contributed by atoms with Gasteiger partial charge in [0.05, 0.1) is 0 Å². The Morgan fingerprint density at radius 1 is 1.47 bits per heavy atom. The average molecular weight is 237 g/mol. The Morgan fingerprint density at radius 2 is 2.24 bits per heavy atom. The number of H-pyrrole nitrogens is 1. The number of aromatic nitrogens is 3. The largest absolute Gasteiger partial charge is 0.338 e. The summed E-state index contributed by atoms with van der Waals surface area (Å²) in [4.78, 5) is 6.69. The molecule has 5 nitrogen and oxygen atoms in total. The summed E-state index contributed by atoms with van der Waals surface area (Å²) in [6.07, 6.45) is 3.10. The van der Waals surface area contributed by atoms with Crippen LogP contribution in [-0.2, 0) is 6.42 Å². The number of nitrogens with zero attached hydrogens (tertiary/aromatic N) is 3. The minimum atomic E-state index is 0.270. The molecule has 0 aromatic carbocycles. The monoisotopic (exact) mass is 237 g/mol. The van der Waals surface area contributed by atoms with E-state index in [1.807, 2.05) is 0 Å². The molecule has 0 radical (unpaired) electrons. The molecule has 17 heavy (non-hydrogen) atoms. The Hall–Kier alpha value is -1.10. The Balaban J connectivity index is 1.92. The van der Waals surface area contributed by atoms with Crippen molar-refractivity contribution in [2.75, 3.05) is 18.0 Å². The van der Waals surface area contributed by atoms with Crippen LogP contribution in [0.5, 0.6) is 0 Å². The van der Waals surface area contributed by atoms with Gasteiger partial charge in [-0.25, -0.2) is 0 Å². The van der Waals surface area contributed by atoms with E-state index in [9.17, 15) is 0 Å². The van der Waals surface area contributed by atoms with Gasteiger partial charge in [0.25, 0.3) is 0 Å². The zero-order valence-corrected chi connectivity index (χ0v) is 11.0. The normalized spacial score (nSPS) is 21.2. The minimum absolute atomic E-state index is 0.270. The number of anilines is 1. The van der Waals surface area contributed by atoms with Crippen LogP contribution in [0.2, 0.25) is 0 Å². The molecule has 1 aliphatic heterocycles. The first-order valence-corrected chi connectivity index (χ1v) is 6.36. The summed E-state index contributed by atoms with van der Waals surface area (Å²) in [5, 5.41) is 7.29. The first-order chi connectivity index (χ1) is 7.94. The van der Waals surface area contributed by atoms with Gasteiger partial charge in [0.15, 0.2) is 0 Å². The number of hydrogen-bond acceptors (Lipinski definition) is 4. The predicted octanol–water partition coefficient (Wildman–Crippen LogP) is 1.32. The van der Waals surface area contributed by atoms with E-state index in [4.69, 9.17) is 5.73 Å². The minimum Gasteiger partial charge on any atom is -0.338 e. The van der Waals surface area contributed by atoms with Crippen LogP contribution in [0.1, 0.15) is 39.4 Å². The lowest BCUT2D eigenvalue weighted by atomic mass is 9.90. The molecule has 2 heterocycles. The van der Waals surface area contributed by atoms with Gasteiger partial charge in [-0.05, 0) is 18.3 Å². The molecule has 2 rings (SSSR count). The summed E-state index contributed by atoms with van der Waals surface area (Å²) >= 11 is 0. The molecule has 0 spiro atoms. The van der Waals surface area contributed by atoms with Gasteiger partial charge in [0.1, 0.15) is 5.82 Å². The Morgan fingerprint density at radius 3 is 2.82 bits per heavy atom. The second-order valence-corrected chi connectivity index (χ2v) is 6.14. The lowest BCUT2D eigenvalue weighted by molar-refractivity contribution is 0.374. The highest BCUT2D eigenvalue weighted by molar-refractivity contribution is 5.31. The zero-order chi connectivity index (χ0) is 12.5. The van der Waals surface area contributed by atoms with Crippen molar-refractivity contribution in [1.82, 2.24) is 15.2 Å². The molecule has 0 aliphatic carbocycles. The van der Waals surface area contributed by atoms with Crippen molar-refractivity contribution in [2.45, 2.75) is 46.1 Å². The van der Waals surface area contributed by atoms with E-state index >= 15 is 0 Å². The molecule has 1 fully saturated rings. The summed E-state index contributed by atoms with van der Waals surface area (Å²) in [6, 6.07) is 0.270. The SMILES string of the molecule is CC(C)(C)CCc1nc(N2CCC(N)C2)n[nH]1. The molecular formula is C12H23N5. The number of rotatable bonds is 3. The van der Waals surface area contributed by atoms with E-state index in [-0.39, 0.29) is 6.04 Å². The van der Waals surface area contributed by atoms with Gasteiger partial charge >= 0.3 is 0 Å². The molecule has 1 aromatic rings. The standard InChI is InChI=1S/C12H23N5/c1-12(2,3)6-4-10-14-11(16-15-10)17-7-5-9(13)8-17/h9H,4-8,13H2,1-3H3,(H,14,15,16). The number of aromatic amines is 1. The fourth-order valence-corrected chi connectivity index (χ4v) is 2.00. The van der Waals surface area contributed by atoms with Crippen molar-refractivity contribution in [3.05, 3.63) is 5.82 Å². The van der Waals surface area contributed by atoms with Crippen LogP contribution in [0.3, 0.4) is 0 Å². The highest BCUT2D eigenvalue weighted by Crippen LogP contribution is 2.21. The van der Waals surface area contributed by atoms with Crippen LogP contribution in [0, 0.1) is 5.41 Å². The Kier molecular flexibility index (Phi) is 3.38. The maximum absolute atomic E-state index is 5.88. The highest BCUT2D eigenvalue weighted by Gasteiger charge is 2.22. The molecule has 1 saturated heterocycles. The van der Waals surface area contributed by atoms with Crippen LogP contribution in [0.25, 0.3) is 0 Å². The van der Waals surface area contributed by atoms with Gasteiger partial charge in [-0.2, -0.15) is 4.98 Å². The molecular weight excluding hydrogens is 214 g/mol. The molecule has 1 atom stereocenters. The van der Waals surface area contributed by atoms with Gasteiger partial charge in [0, 0.05) is 25.6 Å². The van der Waals surface area contributed by atoms with Crippen molar-refractivity contribution < 1.29 is 0 Å². The van der Waals surface area contributed by atoms with Crippen LogP contribution in [0.4, 0.5) is 5.95 Å². The fraction of sp³-hybridized carbons (Fsp3) is 0.833. The molecule has 0 amide bonds. The van der Waals surface area contributed by atoms with E-state index in [1.165, 1.54) is 0 Å². The molecule has 0 saturated carbocycles. The van der Waals surface area contributed by atoms with E-state index in [0.717, 1.165) is 44.1 Å². The first-order valence-electron chi connectivity index (χ1n) is 6.36. The van der Waals surface area contributed by atoms with Crippen molar-refractivity contribution in [2.24, 2.45) is 11.1 Å². The third kappa shape index (κ3) is 3.43. The maximum atomic E-state index is 5.88. The van der Waals surface area contributed by atoms with Gasteiger partial charge in [-0.3, -0.25) is 5.10 Å². The summed E-state index contributed by atoms with van der Waals surface area (Å²) in [5.74, 6) is 1.79. The lowest BCUT2D eigenvalue weighted by Crippen LogP contribution is -2.27. The third-order valence-corrected chi connectivity index (χ3v) is 3.14. The summed E-state index contributed by atoms with van der Waals surface area (Å²) in [7, 11) is 0. The number of hydrogen-bond donors (Lipinski definition) is 2. The van der Waals surface area contributed by atoms with Crippen molar-refractivity contribution >= 4 is 5.95 Å². The van der Waals surface area contributed by atoms with Crippen molar-refractivity contribution in [1.29, 1.82) is 0 Å². The van der Waals surface area contributed by atoms with Gasteiger partial charge in [-0.15, -0.1) is 5.10 Å². The summed E-state index contributed by atoms with van der Waals surface area (Å²) in [6.45, 7) is 8.56. The number of nitrogens with two attached hydrogens (primary N) is 1. The van der Waals surface area contributed by atoms with Crippen LogP contribution >= 0.6 is 0 Å². The van der Waals surface area contributed by atoms with E-state index in [2.05, 4.69) is 40.9 Å². The molecule has 3 N–H and O–H groups in total. The number of nitrogens with one attached hydrogen (secondary N) is 1. The van der Waals surface area contributed by atoms with Crippen molar-refractivity contribution in [3.63, 3.8) is 0 Å². The zero-order valence-electron chi connectivity index (χ0n) is 11.0. The average Bonchev–Trinajstić information content (AvgIpc) is 2.81. The lowest BCUT2D eigenvalue weighted by Gasteiger charge is -2.16. The molecule has 0 bridgehead atoms. The maximum Gasteiger partial charge on any atom is 0.244 e. The van der Waals surface area contributed by atoms with Crippen LogP contribution < -0.4 is 10.6 Å². The van der Waals surface area contributed by atoms with Crippen LogP contribution in [0.15, 0.2) is 0 Å². The molecule has 5 heteroatoms. The smallest absolute Gasteiger partial charge is 0.244 e. The molecule has 1 unspecified atom stereocenters. The molecule has 1 aromatic heterocycles. The Labute approximate surface area is 103 Å². The second-order valence-electron chi connectivity index (χ2n) is 6.14. The first kappa shape index (κ1) is 12.4. The molecule has 1 aliphatic rings. The predicted molar refractivity (Wildman–Crippen MR) is 69.0 cm³/mol. The van der Waals surface area contributed by atoms with E-state index in [1.54, 1.807) is 0 Å². The summed E-state index contributed by atoms with van der Waals surface area (Å²) < 4.78 is 0. The van der Waals surface area contributed by atoms with Crippen LogP contribution in [-0.4, -0.2) is 34.3 Å². The van der Waals surface area contributed by atoms with Crippen molar-refractivity contribution in [3.8, 4) is 0 Å². The fourth-order valence-electron chi connectivity index (χ4n) is 2.00. The third-order valence-electron chi connectivity index (χ3n) is 3.14. The topological polar surface area (TPSA) is 70.8 Å². The van der Waals surface area contributed by atoms with Gasteiger partial charge < -0.3 is 10.6 Å². The highest BCUT2D eigenvalue weighted by atomic mass is 15.4. The summed E-state index contributed by atoms with van der Waals surface area (Å²) in [5.41, 5.74) is 6.21. The molecule has 96 valence electrons. The van der Waals surface area contributed by atoms with E-state index in [0.29, 0.717) is 5.41 Å². The Bertz CT molecular complexity index is 365. The van der Waals surface area contributed by atoms with E-state index < -0.39 is 0 Å². The van der Waals surface area contributed by atoms with Gasteiger partial charge in [0.2, 0.25) is 5.95 Å². The number of aryl methyl sites for hydroxylation is 1. The quantitative estimate of drug-likeness (QED) is 0.832. The van der Waals surface area contributed by atoms with Gasteiger partial charge in [-0.1, -0.05) is 20.8 Å².